The number of hydrazine groups is 1. The van der Waals surface area contributed by atoms with E-state index in [-0.39, 0.29) is 6.61 Å². The van der Waals surface area contributed by atoms with Crippen LogP contribution in [-0.2, 0) is 6.61 Å². The van der Waals surface area contributed by atoms with Crippen molar-refractivity contribution in [3.63, 3.8) is 0 Å². The first-order valence-electron chi connectivity index (χ1n) is 5.30. The number of benzene rings is 1. The minimum absolute atomic E-state index is 0.246. The number of nitrogens with one attached hydrogen (secondary N) is 1. The Bertz CT molecular complexity index is 575. The summed E-state index contributed by atoms with van der Waals surface area (Å²) in [7, 11) is 0. The fourth-order valence-electron chi connectivity index (χ4n) is 1.43. The van der Waals surface area contributed by atoms with Crippen LogP contribution in [0.3, 0.4) is 0 Å². The predicted octanol–water partition coefficient (Wildman–Crippen LogP) is 4.12. The van der Waals surface area contributed by atoms with Crippen molar-refractivity contribution >= 4 is 49.3 Å². The molecule has 7 heteroatoms. The van der Waals surface area contributed by atoms with Gasteiger partial charge in [0.25, 0.3) is 0 Å². The van der Waals surface area contributed by atoms with Gasteiger partial charge in [0.15, 0.2) is 0 Å². The first-order chi connectivity index (χ1) is 9.11. The molecule has 2 rings (SSSR count). The van der Waals surface area contributed by atoms with E-state index in [9.17, 15) is 0 Å². The molecule has 100 valence electrons. The van der Waals surface area contributed by atoms with E-state index in [4.69, 9.17) is 22.2 Å². The molecular formula is C12H10Br2ClN3O. The van der Waals surface area contributed by atoms with Gasteiger partial charge in [-0.3, -0.25) is 0 Å². The maximum absolute atomic E-state index is 6.06. The molecule has 0 unspecified atom stereocenters. The van der Waals surface area contributed by atoms with Crippen molar-refractivity contribution in [2.45, 2.75) is 6.61 Å². The van der Waals surface area contributed by atoms with Crippen LogP contribution in [0.4, 0.5) is 5.82 Å². The van der Waals surface area contributed by atoms with Crippen molar-refractivity contribution in [1.82, 2.24) is 4.98 Å². The third-order valence-electron chi connectivity index (χ3n) is 2.34. The number of para-hydroxylation sites is 1. The van der Waals surface area contributed by atoms with Crippen LogP contribution in [0.2, 0.25) is 5.02 Å². The summed E-state index contributed by atoms with van der Waals surface area (Å²) < 4.78 is 7.43. The first kappa shape index (κ1) is 14.6. The van der Waals surface area contributed by atoms with E-state index < -0.39 is 0 Å². The van der Waals surface area contributed by atoms with Gasteiger partial charge >= 0.3 is 0 Å². The van der Waals surface area contributed by atoms with Crippen molar-refractivity contribution in [1.29, 1.82) is 0 Å². The summed E-state index contributed by atoms with van der Waals surface area (Å²) in [6.07, 6.45) is 0. The Balaban J connectivity index is 2.19. The van der Waals surface area contributed by atoms with E-state index in [1.807, 2.05) is 18.2 Å². The first-order valence-corrected chi connectivity index (χ1v) is 7.27. The minimum atomic E-state index is 0.246. The number of hydrogen-bond donors (Lipinski definition) is 2. The molecule has 0 radical (unpaired) electrons. The quantitative estimate of drug-likeness (QED) is 0.591. The highest BCUT2D eigenvalue weighted by Crippen LogP contribution is 2.33. The molecule has 0 aliphatic heterocycles. The van der Waals surface area contributed by atoms with Gasteiger partial charge < -0.3 is 10.2 Å². The second kappa shape index (κ2) is 6.56. The lowest BCUT2D eigenvalue weighted by Crippen LogP contribution is -2.10. The van der Waals surface area contributed by atoms with Crippen LogP contribution in [0.25, 0.3) is 0 Å². The van der Waals surface area contributed by atoms with Gasteiger partial charge in [-0.1, -0.05) is 17.7 Å². The van der Waals surface area contributed by atoms with Gasteiger partial charge in [-0.25, -0.2) is 10.8 Å². The Morgan fingerprint density at radius 3 is 2.53 bits per heavy atom. The third kappa shape index (κ3) is 3.60. The van der Waals surface area contributed by atoms with E-state index in [1.54, 1.807) is 12.1 Å². The molecule has 0 spiro atoms. The van der Waals surface area contributed by atoms with Crippen LogP contribution in [0, 0.1) is 0 Å². The molecule has 0 fully saturated rings. The highest BCUT2D eigenvalue weighted by atomic mass is 79.9. The Kier molecular flexibility index (Phi) is 5.04. The fourth-order valence-corrected chi connectivity index (χ4v) is 2.81. The SMILES string of the molecule is NNc1ccc(Cl)c(COc2c(Br)cccc2Br)n1. The summed E-state index contributed by atoms with van der Waals surface area (Å²) >= 11 is 12.9. The molecule has 0 aliphatic carbocycles. The van der Waals surface area contributed by atoms with Crippen LogP contribution in [0.5, 0.6) is 5.75 Å². The lowest BCUT2D eigenvalue weighted by Gasteiger charge is -2.11. The zero-order chi connectivity index (χ0) is 13.8. The standard InChI is InChI=1S/C12H10Br2ClN3O/c13-7-2-1-3-8(14)12(7)19-6-10-9(15)4-5-11(17-10)18-16/h1-5H,6,16H2,(H,17,18). The highest BCUT2D eigenvalue weighted by Gasteiger charge is 2.09. The molecule has 4 nitrogen and oxygen atoms in total. The van der Waals surface area contributed by atoms with Gasteiger partial charge in [0.05, 0.1) is 19.7 Å². The Hall–Kier alpha value is -0.820. The second-order valence-electron chi connectivity index (χ2n) is 3.61. The average Bonchev–Trinajstić information content (AvgIpc) is 2.40. The lowest BCUT2D eigenvalue weighted by atomic mass is 10.3. The Morgan fingerprint density at radius 1 is 1.21 bits per heavy atom. The third-order valence-corrected chi connectivity index (χ3v) is 3.93. The normalized spacial score (nSPS) is 10.3. The lowest BCUT2D eigenvalue weighted by molar-refractivity contribution is 0.297. The fraction of sp³-hybridized carbons (Fsp3) is 0.0833. The molecule has 2 aromatic rings. The van der Waals surface area contributed by atoms with Gasteiger partial charge in [-0.15, -0.1) is 0 Å². The minimum Gasteiger partial charge on any atom is -0.485 e. The molecule has 1 aromatic heterocycles. The molecule has 0 saturated carbocycles. The molecule has 19 heavy (non-hydrogen) atoms. The number of rotatable bonds is 4. The maximum Gasteiger partial charge on any atom is 0.148 e. The molecular weight excluding hydrogens is 397 g/mol. The van der Waals surface area contributed by atoms with Gasteiger partial charge in [-0.05, 0) is 56.1 Å². The summed E-state index contributed by atoms with van der Waals surface area (Å²) in [5.74, 6) is 6.55. The number of aromatic nitrogens is 1. The van der Waals surface area contributed by atoms with Gasteiger partial charge in [-0.2, -0.15) is 0 Å². The van der Waals surface area contributed by atoms with E-state index in [0.29, 0.717) is 22.3 Å². The van der Waals surface area contributed by atoms with Crippen molar-refractivity contribution < 1.29 is 4.74 Å². The van der Waals surface area contributed by atoms with Crippen LogP contribution >= 0.6 is 43.5 Å². The Morgan fingerprint density at radius 2 is 1.89 bits per heavy atom. The van der Waals surface area contributed by atoms with Crippen molar-refractivity contribution in [3.05, 3.63) is 50.0 Å². The number of nitrogens with two attached hydrogens (primary N) is 1. The molecule has 1 heterocycles. The van der Waals surface area contributed by atoms with Crippen molar-refractivity contribution in [3.8, 4) is 5.75 Å². The second-order valence-corrected chi connectivity index (χ2v) is 5.72. The van der Waals surface area contributed by atoms with Crippen LogP contribution in [0.1, 0.15) is 5.69 Å². The van der Waals surface area contributed by atoms with E-state index in [0.717, 1.165) is 8.95 Å². The topological polar surface area (TPSA) is 60.2 Å². The number of halogens is 3. The summed E-state index contributed by atoms with van der Waals surface area (Å²) in [4.78, 5) is 4.24. The summed E-state index contributed by atoms with van der Waals surface area (Å²) in [5.41, 5.74) is 3.08. The molecule has 0 saturated heterocycles. The summed E-state index contributed by atoms with van der Waals surface area (Å²) in [5, 5.41) is 0.530. The van der Waals surface area contributed by atoms with Crippen LogP contribution < -0.4 is 16.0 Å². The van der Waals surface area contributed by atoms with Crippen LogP contribution in [0.15, 0.2) is 39.3 Å². The zero-order valence-electron chi connectivity index (χ0n) is 9.66. The van der Waals surface area contributed by atoms with Gasteiger partial charge in [0.2, 0.25) is 0 Å². The number of ether oxygens (including phenoxy) is 1. The van der Waals surface area contributed by atoms with Gasteiger partial charge in [0, 0.05) is 0 Å². The predicted molar refractivity (Wildman–Crippen MR) is 83.2 cm³/mol. The molecule has 0 bridgehead atoms. The molecule has 0 amide bonds. The molecule has 0 atom stereocenters. The average molecular weight is 407 g/mol. The van der Waals surface area contributed by atoms with Crippen molar-refractivity contribution in [2.75, 3.05) is 5.43 Å². The zero-order valence-corrected chi connectivity index (χ0v) is 13.6. The smallest absolute Gasteiger partial charge is 0.148 e. The van der Waals surface area contributed by atoms with E-state index in [1.165, 1.54) is 0 Å². The molecule has 0 aliphatic rings. The Labute approximate surface area is 132 Å². The summed E-state index contributed by atoms with van der Waals surface area (Å²) in [6.45, 7) is 0.246. The molecule has 3 N–H and O–H groups in total. The number of nitrogen functional groups attached to an aromatic ring is 1. The van der Waals surface area contributed by atoms with E-state index >= 15 is 0 Å². The largest absolute Gasteiger partial charge is 0.485 e. The monoisotopic (exact) mass is 405 g/mol. The number of nitrogens with zero attached hydrogens (tertiary/aromatic N) is 1. The van der Waals surface area contributed by atoms with Crippen LogP contribution in [-0.4, -0.2) is 4.98 Å². The highest BCUT2D eigenvalue weighted by molar-refractivity contribution is 9.11. The number of pyridine rings is 1. The maximum atomic E-state index is 6.06. The molecule has 1 aromatic carbocycles. The number of anilines is 1. The van der Waals surface area contributed by atoms with E-state index in [2.05, 4.69) is 42.3 Å². The number of hydrogen-bond acceptors (Lipinski definition) is 4. The van der Waals surface area contributed by atoms with Gasteiger partial charge in [0.1, 0.15) is 18.2 Å². The summed E-state index contributed by atoms with van der Waals surface area (Å²) in [6, 6.07) is 9.11. The van der Waals surface area contributed by atoms with Crippen molar-refractivity contribution in [2.24, 2.45) is 5.84 Å².